The van der Waals surface area contributed by atoms with Crippen LogP contribution in [0.25, 0.3) is 10.8 Å². The average Bonchev–Trinajstić information content (AvgIpc) is 2.49. The molecule has 0 aromatic heterocycles. The van der Waals surface area contributed by atoms with E-state index in [0.717, 1.165) is 10.8 Å². The fourth-order valence-corrected chi connectivity index (χ4v) is 3.05. The lowest BCUT2D eigenvalue weighted by atomic mass is 10.1. The van der Waals surface area contributed by atoms with Gasteiger partial charge in [0.05, 0.1) is 10.6 Å². The summed E-state index contributed by atoms with van der Waals surface area (Å²) >= 11 is 0. The van der Waals surface area contributed by atoms with E-state index in [9.17, 15) is 13.2 Å². The fraction of sp³-hybridized carbons (Fsp3) is 0. The Hall–Kier alpha value is -2.53. The van der Waals surface area contributed by atoms with Gasteiger partial charge < -0.3 is 0 Å². The Labute approximate surface area is 122 Å². The van der Waals surface area contributed by atoms with Crippen molar-refractivity contribution < 1.29 is 13.2 Å². The summed E-state index contributed by atoms with van der Waals surface area (Å²) in [6.45, 7) is 0. The second kappa shape index (κ2) is 5.10. The summed E-state index contributed by atoms with van der Waals surface area (Å²) in [6, 6.07) is 12.4. The number of hydrogen-bond acceptors (Lipinski definition) is 3. The van der Waals surface area contributed by atoms with E-state index in [-0.39, 0.29) is 16.4 Å². The zero-order valence-corrected chi connectivity index (χ0v) is 11.7. The molecule has 4 nitrogen and oxygen atoms in total. The molecule has 1 aliphatic rings. The molecule has 3 rings (SSSR count). The molecule has 0 amide bonds. The third kappa shape index (κ3) is 2.83. The molecular weight excluding hydrogens is 286 g/mol. The quantitative estimate of drug-likeness (QED) is 0.801. The Kier molecular flexibility index (Phi) is 3.27. The second-order valence-corrected chi connectivity index (χ2v) is 6.17. The SMILES string of the molecule is O=C1C=CC(=NS(=O)(=O)c2ccc3ccccc3c2)C=C1. The molecule has 0 radical (unpaired) electrons. The molecule has 5 heteroatoms. The van der Waals surface area contributed by atoms with Crippen molar-refractivity contribution >= 4 is 32.3 Å². The minimum absolute atomic E-state index is 0.132. The first-order valence-corrected chi connectivity index (χ1v) is 7.72. The van der Waals surface area contributed by atoms with Crippen LogP contribution in [-0.4, -0.2) is 19.9 Å². The molecule has 0 saturated heterocycles. The Morgan fingerprint density at radius 2 is 1.48 bits per heavy atom. The van der Waals surface area contributed by atoms with Crippen molar-refractivity contribution in [3.63, 3.8) is 0 Å². The molecule has 2 aromatic rings. The van der Waals surface area contributed by atoms with Gasteiger partial charge in [-0.3, -0.25) is 4.79 Å². The Morgan fingerprint density at radius 3 is 2.19 bits per heavy atom. The number of fused-ring (bicyclic) bond motifs is 1. The maximum absolute atomic E-state index is 12.3. The summed E-state index contributed by atoms with van der Waals surface area (Å²) in [5.74, 6) is -0.183. The normalized spacial score (nSPS) is 14.7. The zero-order valence-electron chi connectivity index (χ0n) is 10.9. The number of ketones is 1. The molecule has 0 unspecified atom stereocenters. The van der Waals surface area contributed by atoms with Gasteiger partial charge in [-0.2, -0.15) is 12.8 Å². The van der Waals surface area contributed by atoms with Crippen LogP contribution in [0, 0.1) is 0 Å². The zero-order chi connectivity index (χ0) is 14.9. The summed E-state index contributed by atoms with van der Waals surface area (Å²) in [7, 11) is -3.79. The smallest absolute Gasteiger partial charge is 0.282 e. The Morgan fingerprint density at radius 1 is 0.810 bits per heavy atom. The van der Waals surface area contributed by atoms with Gasteiger partial charge in [-0.15, -0.1) is 0 Å². The predicted octanol–water partition coefficient (Wildman–Crippen LogP) is 2.66. The number of hydrogen-bond donors (Lipinski definition) is 0. The van der Waals surface area contributed by atoms with Crippen LogP contribution in [0.3, 0.4) is 0 Å². The Balaban J connectivity index is 2.04. The number of benzene rings is 2. The van der Waals surface area contributed by atoms with Crippen LogP contribution < -0.4 is 0 Å². The molecular formula is C16H11NO3S. The van der Waals surface area contributed by atoms with Gasteiger partial charge in [0.2, 0.25) is 0 Å². The molecule has 1 aliphatic carbocycles. The van der Waals surface area contributed by atoms with E-state index in [1.165, 1.54) is 30.4 Å². The van der Waals surface area contributed by atoms with Crippen LogP contribution >= 0.6 is 0 Å². The minimum atomic E-state index is -3.79. The van der Waals surface area contributed by atoms with E-state index in [2.05, 4.69) is 4.40 Å². The van der Waals surface area contributed by atoms with E-state index >= 15 is 0 Å². The molecule has 0 atom stereocenters. The van der Waals surface area contributed by atoms with Gasteiger partial charge in [0, 0.05) is 0 Å². The molecule has 0 N–H and O–H groups in total. The van der Waals surface area contributed by atoms with Crippen molar-refractivity contribution in [1.29, 1.82) is 0 Å². The van der Waals surface area contributed by atoms with Gasteiger partial charge in [-0.05, 0) is 47.2 Å². The Bertz CT molecular complexity index is 903. The second-order valence-electron chi connectivity index (χ2n) is 4.57. The first-order chi connectivity index (χ1) is 10.0. The number of carbonyl (C=O) groups is 1. The van der Waals surface area contributed by atoms with E-state index in [0.29, 0.717) is 0 Å². The highest BCUT2D eigenvalue weighted by molar-refractivity contribution is 7.90. The molecule has 0 saturated carbocycles. The van der Waals surface area contributed by atoms with Crippen LogP contribution in [0.5, 0.6) is 0 Å². The van der Waals surface area contributed by atoms with Crippen molar-refractivity contribution in [3.8, 4) is 0 Å². The van der Waals surface area contributed by atoms with Crippen LogP contribution in [0.15, 0.2) is 76.1 Å². The topological polar surface area (TPSA) is 63.6 Å². The largest absolute Gasteiger partial charge is 0.290 e. The summed E-state index contributed by atoms with van der Waals surface area (Å²) < 4.78 is 28.3. The maximum Gasteiger partial charge on any atom is 0.282 e. The van der Waals surface area contributed by atoms with Crippen molar-refractivity contribution in [2.24, 2.45) is 4.40 Å². The number of allylic oxidation sites excluding steroid dienone is 4. The van der Waals surface area contributed by atoms with Crippen LogP contribution in [0.4, 0.5) is 0 Å². The minimum Gasteiger partial charge on any atom is -0.290 e. The first-order valence-electron chi connectivity index (χ1n) is 6.28. The van der Waals surface area contributed by atoms with Crippen LogP contribution in [0.2, 0.25) is 0 Å². The van der Waals surface area contributed by atoms with Crippen molar-refractivity contribution in [2.75, 3.05) is 0 Å². The van der Waals surface area contributed by atoms with Crippen molar-refractivity contribution in [1.82, 2.24) is 0 Å². The van der Waals surface area contributed by atoms with Crippen LogP contribution in [0.1, 0.15) is 0 Å². The maximum atomic E-state index is 12.3. The lowest BCUT2D eigenvalue weighted by Crippen LogP contribution is -2.04. The molecule has 0 aliphatic heterocycles. The highest BCUT2D eigenvalue weighted by Crippen LogP contribution is 2.20. The third-order valence-electron chi connectivity index (χ3n) is 3.08. The van der Waals surface area contributed by atoms with Gasteiger partial charge >= 0.3 is 0 Å². The molecule has 0 heterocycles. The summed E-state index contributed by atoms with van der Waals surface area (Å²) in [5, 5.41) is 1.80. The molecule has 21 heavy (non-hydrogen) atoms. The molecule has 104 valence electrons. The molecule has 0 fully saturated rings. The molecule has 2 aromatic carbocycles. The van der Waals surface area contributed by atoms with Gasteiger partial charge in [0.25, 0.3) is 10.0 Å². The lowest BCUT2D eigenvalue weighted by Gasteiger charge is -2.03. The predicted molar refractivity (Wildman–Crippen MR) is 81.9 cm³/mol. The lowest BCUT2D eigenvalue weighted by molar-refractivity contribution is -0.110. The summed E-state index contributed by atoms with van der Waals surface area (Å²) in [5.41, 5.74) is 0.239. The average molecular weight is 297 g/mol. The van der Waals surface area contributed by atoms with Gasteiger partial charge in [-0.1, -0.05) is 30.3 Å². The van der Waals surface area contributed by atoms with E-state index in [1.807, 2.05) is 24.3 Å². The molecule has 0 bridgehead atoms. The van der Waals surface area contributed by atoms with E-state index in [1.54, 1.807) is 12.1 Å². The third-order valence-corrected chi connectivity index (χ3v) is 4.38. The summed E-state index contributed by atoms with van der Waals surface area (Å²) in [6.07, 6.45) is 5.35. The number of nitrogens with zero attached hydrogens (tertiary/aromatic N) is 1. The van der Waals surface area contributed by atoms with Gasteiger partial charge in [-0.25, -0.2) is 0 Å². The fourth-order valence-electron chi connectivity index (χ4n) is 2.03. The van der Waals surface area contributed by atoms with E-state index in [4.69, 9.17) is 0 Å². The van der Waals surface area contributed by atoms with Crippen LogP contribution in [-0.2, 0) is 14.8 Å². The monoisotopic (exact) mass is 297 g/mol. The standard InChI is InChI=1S/C16H11NO3S/c18-15-8-6-14(7-9-15)17-21(19,20)16-10-5-12-3-1-2-4-13(12)11-16/h1-11H. The van der Waals surface area contributed by atoms with Crippen molar-refractivity contribution in [2.45, 2.75) is 4.90 Å². The van der Waals surface area contributed by atoms with Gasteiger partial charge in [0.1, 0.15) is 0 Å². The molecule has 0 spiro atoms. The van der Waals surface area contributed by atoms with E-state index < -0.39 is 10.0 Å². The van der Waals surface area contributed by atoms with Crippen molar-refractivity contribution in [3.05, 3.63) is 66.8 Å². The highest BCUT2D eigenvalue weighted by atomic mass is 32.2. The number of carbonyl (C=O) groups excluding carboxylic acids is 1. The number of rotatable bonds is 2. The highest BCUT2D eigenvalue weighted by Gasteiger charge is 2.14. The number of sulfonamides is 1. The summed E-state index contributed by atoms with van der Waals surface area (Å²) in [4.78, 5) is 11.1. The van der Waals surface area contributed by atoms with Gasteiger partial charge in [0.15, 0.2) is 5.78 Å². The first kappa shape index (κ1) is 13.5.